The second kappa shape index (κ2) is 14.1. The van der Waals surface area contributed by atoms with Crippen molar-refractivity contribution in [3.05, 3.63) is 0 Å². The summed E-state index contributed by atoms with van der Waals surface area (Å²) < 4.78 is 4.95. The lowest BCUT2D eigenvalue weighted by atomic mass is 9.83. The highest BCUT2D eigenvalue weighted by Crippen LogP contribution is 2.28. The van der Waals surface area contributed by atoms with E-state index in [2.05, 4.69) is 29.4 Å². The number of amides is 3. The third-order valence-electron chi connectivity index (χ3n) is 9.20. The number of rotatable bonds is 12. The summed E-state index contributed by atoms with van der Waals surface area (Å²) in [6.07, 6.45) is 4.25. The molecule has 2 rings (SSSR count). The van der Waals surface area contributed by atoms with Gasteiger partial charge in [0.05, 0.1) is 18.7 Å². The van der Waals surface area contributed by atoms with Gasteiger partial charge in [-0.15, -0.1) is 0 Å². The van der Waals surface area contributed by atoms with Crippen LogP contribution in [0.3, 0.4) is 0 Å². The Morgan fingerprint density at radius 2 is 1.57 bits per heavy atom. The van der Waals surface area contributed by atoms with E-state index in [0.717, 1.165) is 25.8 Å². The summed E-state index contributed by atoms with van der Waals surface area (Å²) in [6.45, 7) is 15.9. The van der Waals surface area contributed by atoms with Crippen LogP contribution in [0.1, 0.15) is 87.0 Å². The van der Waals surface area contributed by atoms with Gasteiger partial charge in [0.15, 0.2) is 0 Å². The minimum absolute atomic E-state index is 0.0238. The number of methoxy groups -OCH3 is 1. The highest BCUT2D eigenvalue weighted by molar-refractivity contribution is 5.92. The molecule has 0 saturated carbocycles. The normalized spacial score (nSPS) is 21.8. The average molecular weight is 566 g/mol. The lowest BCUT2D eigenvalue weighted by molar-refractivity contribution is -0.152. The fourth-order valence-electron chi connectivity index (χ4n) is 6.27. The number of hydrogen-bond donors (Lipinski definition) is 2. The van der Waals surface area contributed by atoms with Crippen molar-refractivity contribution >= 4 is 23.7 Å². The van der Waals surface area contributed by atoms with Gasteiger partial charge < -0.3 is 25.2 Å². The Morgan fingerprint density at radius 1 is 1.00 bits per heavy atom. The van der Waals surface area contributed by atoms with Crippen molar-refractivity contribution in [2.45, 2.75) is 117 Å². The van der Waals surface area contributed by atoms with E-state index in [-0.39, 0.29) is 41.7 Å². The molecule has 0 aromatic carbocycles. The largest absolute Gasteiger partial charge is 0.467 e. The van der Waals surface area contributed by atoms with Crippen LogP contribution >= 0.6 is 0 Å². The molecule has 10 nitrogen and oxygen atoms in total. The van der Waals surface area contributed by atoms with Crippen molar-refractivity contribution in [1.82, 2.24) is 25.3 Å². The fourth-order valence-corrected chi connectivity index (χ4v) is 6.27. The second-order valence-corrected chi connectivity index (χ2v) is 12.9. The first-order valence-electron chi connectivity index (χ1n) is 15.1. The van der Waals surface area contributed by atoms with Crippen LogP contribution in [-0.4, -0.2) is 109 Å². The molecule has 2 aliphatic rings. The molecule has 10 heteroatoms. The molecule has 2 fully saturated rings. The molecule has 2 saturated heterocycles. The van der Waals surface area contributed by atoms with Crippen LogP contribution in [0.25, 0.3) is 0 Å². The van der Waals surface area contributed by atoms with Crippen LogP contribution < -0.4 is 10.6 Å². The Morgan fingerprint density at radius 3 is 2.08 bits per heavy atom. The zero-order valence-corrected chi connectivity index (χ0v) is 26.6. The number of carbonyl (C=O) groups excluding carboxylic acids is 4. The molecule has 2 aliphatic heterocycles. The highest BCUT2D eigenvalue weighted by Gasteiger charge is 2.44. The van der Waals surface area contributed by atoms with Crippen LogP contribution in [0.4, 0.5) is 0 Å². The van der Waals surface area contributed by atoms with Gasteiger partial charge in [-0.1, -0.05) is 48.5 Å². The zero-order chi connectivity index (χ0) is 30.4. The lowest BCUT2D eigenvalue weighted by Crippen LogP contribution is -2.63. The number of hydrogen-bond acceptors (Lipinski definition) is 7. The molecule has 2 N–H and O–H groups in total. The second-order valence-electron chi connectivity index (χ2n) is 12.9. The Balaban J connectivity index is 2.25. The van der Waals surface area contributed by atoms with Gasteiger partial charge >= 0.3 is 5.97 Å². The summed E-state index contributed by atoms with van der Waals surface area (Å²) in [4.78, 5) is 59.0. The fraction of sp³-hybridized carbons (Fsp3) is 0.867. The van der Waals surface area contributed by atoms with E-state index in [1.165, 1.54) is 7.11 Å². The van der Waals surface area contributed by atoms with Gasteiger partial charge in [0.1, 0.15) is 12.1 Å². The third-order valence-corrected chi connectivity index (χ3v) is 9.20. The van der Waals surface area contributed by atoms with Crippen molar-refractivity contribution in [2.75, 3.05) is 40.8 Å². The number of likely N-dealkylation sites (tertiary alicyclic amines) is 2. The van der Waals surface area contributed by atoms with E-state index < -0.39 is 23.0 Å². The van der Waals surface area contributed by atoms with Crippen LogP contribution in [0.5, 0.6) is 0 Å². The minimum atomic E-state index is -0.736. The van der Waals surface area contributed by atoms with E-state index in [1.54, 1.807) is 16.8 Å². The van der Waals surface area contributed by atoms with Crippen LogP contribution in [0, 0.1) is 11.3 Å². The Hall–Kier alpha value is -2.20. The molecule has 0 bridgehead atoms. The Labute approximate surface area is 241 Å². The summed E-state index contributed by atoms with van der Waals surface area (Å²) in [6, 6.07) is -1.71. The smallest absolute Gasteiger partial charge is 0.328 e. The van der Waals surface area contributed by atoms with Crippen LogP contribution in [0.2, 0.25) is 0 Å². The van der Waals surface area contributed by atoms with Crippen molar-refractivity contribution in [3.63, 3.8) is 0 Å². The molecule has 3 amide bonds. The zero-order valence-electron chi connectivity index (χ0n) is 26.6. The molecule has 0 spiro atoms. The molecule has 0 radical (unpaired) electrons. The molecule has 0 aromatic rings. The predicted molar refractivity (Wildman–Crippen MR) is 157 cm³/mol. The van der Waals surface area contributed by atoms with E-state index in [4.69, 9.17) is 4.74 Å². The molecular formula is C30H55N5O5. The number of esters is 1. The topological polar surface area (TPSA) is 111 Å². The highest BCUT2D eigenvalue weighted by atomic mass is 16.5. The first-order chi connectivity index (χ1) is 18.7. The molecule has 0 aliphatic carbocycles. The maximum Gasteiger partial charge on any atom is 0.328 e. The summed E-state index contributed by atoms with van der Waals surface area (Å²) in [7, 11) is 4.95. The summed E-state index contributed by atoms with van der Waals surface area (Å²) in [5.74, 6) is -0.560. The van der Waals surface area contributed by atoms with Crippen LogP contribution in [0.15, 0.2) is 0 Å². The van der Waals surface area contributed by atoms with Gasteiger partial charge in [-0.2, -0.15) is 0 Å². The SMILES string of the molecule is CCC(CC)(NC)C(=O)NC(C(=O)N(C)[C@H](CN1CCC[C@H]1C(=O)N1CCCC1C(=O)OC)C(C)C)C(C)(C)C. The maximum absolute atomic E-state index is 14.1. The predicted octanol–water partition coefficient (Wildman–Crippen LogP) is 2.41. The Bertz CT molecular complexity index is 889. The molecule has 2 heterocycles. The standard InChI is InChI=1S/C30H55N5O5/c1-11-30(12-2,31-8)28(39)32-24(29(5,6)7)26(37)33(9)23(20(3)4)19-34-17-13-15-21(34)25(36)35-18-14-16-22(35)27(38)40-10/h20-24,31H,11-19H2,1-10H3,(H,32,39)/t21-,22?,23+,24?/m0/s1. The molecular weight excluding hydrogens is 510 g/mol. The van der Waals surface area contributed by atoms with Crippen molar-refractivity contribution in [3.8, 4) is 0 Å². The number of carbonyl (C=O) groups is 4. The van der Waals surface area contributed by atoms with E-state index in [0.29, 0.717) is 32.4 Å². The van der Waals surface area contributed by atoms with Crippen molar-refractivity contribution < 1.29 is 23.9 Å². The summed E-state index contributed by atoms with van der Waals surface area (Å²) >= 11 is 0. The third kappa shape index (κ3) is 7.35. The van der Waals surface area contributed by atoms with E-state index in [9.17, 15) is 19.2 Å². The van der Waals surface area contributed by atoms with E-state index in [1.807, 2.05) is 41.7 Å². The van der Waals surface area contributed by atoms with E-state index >= 15 is 0 Å². The average Bonchev–Trinajstić information content (AvgIpc) is 3.59. The maximum atomic E-state index is 14.1. The first kappa shape index (κ1) is 34.0. The molecule has 0 aromatic heterocycles. The van der Waals surface area contributed by atoms with Gasteiger partial charge in [0.25, 0.3) is 0 Å². The summed E-state index contributed by atoms with van der Waals surface area (Å²) in [5.41, 5.74) is -1.24. The number of ether oxygens (including phenoxy) is 1. The molecule has 2 unspecified atom stereocenters. The number of nitrogens with one attached hydrogen (secondary N) is 2. The summed E-state index contributed by atoms with van der Waals surface area (Å²) in [5, 5.41) is 6.27. The van der Waals surface area contributed by atoms with Gasteiger partial charge in [0, 0.05) is 26.2 Å². The number of nitrogens with zero attached hydrogens (tertiary/aromatic N) is 3. The molecule has 40 heavy (non-hydrogen) atoms. The van der Waals surface area contributed by atoms with Gasteiger partial charge in [-0.05, 0) is 63.5 Å². The first-order valence-corrected chi connectivity index (χ1v) is 15.1. The van der Waals surface area contributed by atoms with Gasteiger partial charge in [-0.25, -0.2) is 4.79 Å². The van der Waals surface area contributed by atoms with Crippen LogP contribution in [-0.2, 0) is 23.9 Å². The minimum Gasteiger partial charge on any atom is -0.467 e. The van der Waals surface area contributed by atoms with Gasteiger partial charge in [0.2, 0.25) is 17.7 Å². The van der Waals surface area contributed by atoms with Crippen molar-refractivity contribution in [2.24, 2.45) is 11.3 Å². The number of likely N-dealkylation sites (N-methyl/N-ethyl adjacent to an activating group) is 2. The monoisotopic (exact) mass is 565 g/mol. The molecule has 230 valence electrons. The van der Waals surface area contributed by atoms with Gasteiger partial charge in [-0.3, -0.25) is 19.3 Å². The lowest BCUT2D eigenvalue weighted by Gasteiger charge is -2.42. The quantitative estimate of drug-likeness (QED) is 0.350. The molecule has 4 atom stereocenters. The Kier molecular flexibility index (Phi) is 12.0. The van der Waals surface area contributed by atoms with Crippen molar-refractivity contribution in [1.29, 1.82) is 0 Å².